The number of benzene rings is 2. The third-order valence-corrected chi connectivity index (χ3v) is 5.88. The first kappa shape index (κ1) is 21.5. The standard InChI is InChI=1S/C25H34N3O/c1-4-16-26-17-19-28(20-18-26)24(21-10-8-7-9-11-21)22-12-14-23(15-13-22)25(29)27(5-2)6-3/h7-8,10-15,24H,4-6,16-20H2,1-3H3/t24-/m0/s1. The fourth-order valence-corrected chi connectivity index (χ4v) is 4.25. The highest BCUT2D eigenvalue weighted by atomic mass is 16.2. The Kier molecular flexibility index (Phi) is 7.84. The molecule has 1 heterocycles. The van der Waals surface area contributed by atoms with Crippen LogP contribution < -0.4 is 0 Å². The Morgan fingerprint density at radius 1 is 1.00 bits per heavy atom. The van der Waals surface area contributed by atoms with Crippen molar-refractivity contribution in [2.24, 2.45) is 0 Å². The predicted molar refractivity (Wildman–Crippen MR) is 119 cm³/mol. The van der Waals surface area contributed by atoms with Crippen molar-refractivity contribution >= 4 is 5.91 Å². The molecule has 1 aliphatic rings. The molecular formula is C25H34N3O. The first-order chi connectivity index (χ1) is 14.2. The minimum atomic E-state index is 0.110. The molecule has 155 valence electrons. The third-order valence-electron chi connectivity index (χ3n) is 5.88. The number of carbonyl (C=O) groups excluding carboxylic acids is 1. The average Bonchev–Trinajstić information content (AvgIpc) is 2.77. The number of hydrogen-bond donors (Lipinski definition) is 0. The molecule has 4 heteroatoms. The van der Waals surface area contributed by atoms with E-state index in [0.717, 1.165) is 44.8 Å². The summed E-state index contributed by atoms with van der Waals surface area (Å²) in [4.78, 5) is 19.6. The maximum absolute atomic E-state index is 12.7. The number of rotatable bonds is 8. The van der Waals surface area contributed by atoms with Crippen LogP contribution in [0, 0.1) is 6.07 Å². The van der Waals surface area contributed by atoms with Crippen molar-refractivity contribution in [2.75, 3.05) is 45.8 Å². The Balaban J connectivity index is 1.83. The van der Waals surface area contributed by atoms with Crippen molar-refractivity contribution in [1.29, 1.82) is 0 Å². The van der Waals surface area contributed by atoms with Crippen LogP contribution in [0.15, 0.2) is 48.5 Å². The van der Waals surface area contributed by atoms with E-state index in [-0.39, 0.29) is 11.9 Å². The van der Waals surface area contributed by atoms with Crippen molar-refractivity contribution in [3.63, 3.8) is 0 Å². The van der Waals surface area contributed by atoms with Crippen molar-refractivity contribution < 1.29 is 4.79 Å². The van der Waals surface area contributed by atoms with Crippen molar-refractivity contribution in [3.05, 3.63) is 71.3 Å². The molecule has 1 amide bonds. The molecule has 0 spiro atoms. The molecule has 1 atom stereocenters. The van der Waals surface area contributed by atoms with Crippen LogP contribution in [0.1, 0.15) is 54.7 Å². The van der Waals surface area contributed by atoms with E-state index in [1.165, 1.54) is 24.1 Å². The van der Waals surface area contributed by atoms with Crippen molar-refractivity contribution in [1.82, 2.24) is 14.7 Å². The zero-order valence-electron chi connectivity index (χ0n) is 18.1. The topological polar surface area (TPSA) is 26.8 Å². The molecule has 0 saturated carbocycles. The molecule has 29 heavy (non-hydrogen) atoms. The summed E-state index contributed by atoms with van der Waals surface area (Å²) in [5.41, 5.74) is 3.27. The van der Waals surface area contributed by atoms with Crippen molar-refractivity contribution in [3.8, 4) is 0 Å². The molecule has 0 aromatic heterocycles. The van der Waals surface area contributed by atoms with Crippen LogP contribution in [-0.4, -0.2) is 66.4 Å². The molecule has 1 saturated heterocycles. The second-order valence-corrected chi connectivity index (χ2v) is 7.72. The van der Waals surface area contributed by atoms with E-state index >= 15 is 0 Å². The highest BCUT2D eigenvalue weighted by Gasteiger charge is 2.26. The van der Waals surface area contributed by atoms with Crippen LogP contribution in [-0.2, 0) is 0 Å². The summed E-state index contributed by atoms with van der Waals surface area (Å²) in [5, 5.41) is 0. The Morgan fingerprint density at radius 3 is 2.24 bits per heavy atom. The van der Waals surface area contributed by atoms with Gasteiger partial charge < -0.3 is 9.80 Å². The van der Waals surface area contributed by atoms with Gasteiger partial charge in [0.1, 0.15) is 0 Å². The molecule has 3 rings (SSSR count). The van der Waals surface area contributed by atoms with Crippen LogP contribution in [0.2, 0.25) is 0 Å². The number of amides is 1. The lowest BCUT2D eigenvalue weighted by Crippen LogP contribution is -2.47. The molecule has 2 aromatic rings. The molecule has 4 nitrogen and oxygen atoms in total. The lowest BCUT2D eigenvalue weighted by atomic mass is 9.95. The van der Waals surface area contributed by atoms with Crippen LogP contribution in [0.3, 0.4) is 0 Å². The number of nitrogens with zero attached hydrogens (tertiary/aromatic N) is 3. The van der Waals surface area contributed by atoms with Gasteiger partial charge in [-0.15, -0.1) is 0 Å². The lowest BCUT2D eigenvalue weighted by Gasteiger charge is -2.39. The highest BCUT2D eigenvalue weighted by Crippen LogP contribution is 2.30. The van der Waals surface area contributed by atoms with Gasteiger partial charge in [-0.25, -0.2) is 0 Å². The van der Waals surface area contributed by atoms with Gasteiger partial charge >= 0.3 is 0 Å². The summed E-state index contributed by atoms with van der Waals surface area (Å²) in [6.45, 7) is 13.3. The quantitative estimate of drug-likeness (QED) is 0.677. The van der Waals surface area contributed by atoms with Gasteiger partial charge in [-0.05, 0) is 62.2 Å². The molecule has 0 bridgehead atoms. The summed E-state index contributed by atoms with van der Waals surface area (Å²) >= 11 is 0. The summed E-state index contributed by atoms with van der Waals surface area (Å²) in [7, 11) is 0. The molecule has 0 N–H and O–H groups in total. The summed E-state index contributed by atoms with van der Waals surface area (Å²) in [6, 6.07) is 20.0. The Morgan fingerprint density at radius 2 is 1.69 bits per heavy atom. The molecule has 0 aliphatic carbocycles. The second kappa shape index (κ2) is 10.6. The molecule has 1 radical (unpaired) electrons. The Bertz CT molecular complexity index is 747. The van der Waals surface area contributed by atoms with E-state index in [4.69, 9.17) is 0 Å². The smallest absolute Gasteiger partial charge is 0.253 e. The van der Waals surface area contributed by atoms with Crippen LogP contribution in [0.4, 0.5) is 0 Å². The second-order valence-electron chi connectivity index (χ2n) is 7.72. The molecule has 0 unspecified atom stereocenters. The van der Waals surface area contributed by atoms with Gasteiger partial charge in [-0.3, -0.25) is 9.69 Å². The third kappa shape index (κ3) is 5.26. The fraction of sp³-hybridized carbons (Fsp3) is 0.480. The van der Waals surface area contributed by atoms with Gasteiger partial charge in [0, 0.05) is 44.8 Å². The largest absolute Gasteiger partial charge is 0.339 e. The molecule has 1 aliphatic heterocycles. The highest BCUT2D eigenvalue weighted by molar-refractivity contribution is 5.94. The van der Waals surface area contributed by atoms with E-state index in [0.29, 0.717) is 0 Å². The minimum Gasteiger partial charge on any atom is -0.339 e. The zero-order valence-corrected chi connectivity index (χ0v) is 18.1. The van der Waals surface area contributed by atoms with Crippen LogP contribution in [0.5, 0.6) is 0 Å². The summed E-state index contributed by atoms with van der Waals surface area (Å²) in [6.07, 6.45) is 1.21. The van der Waals surface area contributed by atoms with E-state index in [2.05, 4.69) is 53.1 Å². The van der Waals surface area contributed by atoms with Gasteiger partial charge in [-0.1, -0.05) is 37.3 Å². The van der Waals surface area contributed by atoms with Gasteiger partial charge in [0.05, 0.1) is 6.04 Å². The summed E-state index contributed by atoms with van der Waals surface area (Å²) in [5.74, 6) is 0.110. The van der Waals surface area contributed by atoms with Crippen LogP contribution in [0.25, 0.3) is 0 Å². The Labute approximate surface area is 176 Å². The predicted octanol–water partition coefficient (Wildman–Crippen LogP) is 4.09. The SMILES string of the molecule is CCCN1CCN([C@@H](c2c[c]ccc2)c2ccc(C(=O)N(CC)CC)cc2)CC1. The van der Waals surface area contributed by atoms with Gasteiger partial charge in [0.2, 0.25) is 0 Å². The fourth-order valence-electron chi connectivity index (χ4n) is 4.25. The normalized spacial score (nSPS) is 16.5. The van der Waals surface area contributed by atoms with Crippen LogP contribution >= 0.6 is 0 Å². The lowest BCUT2D eigenvalue weighted by molar-refractivity contribution is 0.0773. The maximum Gasteiger partial charge on any atom is 0.253 e. The van der Waals surface area contributed by atoms with E-state index in [1.54, 1.807) is 0 Å². The number of carbonyl (C=O) groups is 1. The monoisotopic (exact) mass is 392 g/mol. The summed E-state index contributed by atoms with van der Waals surface area (Å²) < 4.78 is 0. The number of piperazine rings is 1. The Hall–Kier alpha value is -2.17. The number of hydrogen-bond acceptors (Lipinski definition) is 3. The molecule has 1 fully saturated rings. The minimum absolute atomic E-state index is 0.110. The van der Waals surface area contributed by atoms with E-state index in [9.17, 15) is 4.79 Å². The molecule has 2 aromatic carbocycles. The van der Waals surface area contributed by atoms with Gasteiger partial charge in [0.25, 0.3) is 5.91 Å². The van der Waals surface area contributed by atoms with Gasteiger partial charge in [-0.2, -0.15) is 0 Å². The van der Waals surface area contributed by atoms with E-state index < -0.39 is 0 Å². The van der Waals surface area contributed by atoms with Gasteiger partial charge in [0.15, 0.2) is 0 Å². The first-order valence-electron chi connectivity index (χ1n) is 11.0. The average molecular weight is 393 g/mol. The zero-order chi connectivity index (χ0) is 20.6. The first-order valence-corrected chi connectivity index (χ1v) is 11.0. The van der Waals surface area contributed by atoms with E-state index in [1.807, 2.05) is 36.9 Å². The molecular weight excluding hydrogens is 358 g/mol. The maximum atomic E-state index is 12.7. The van der Waals surface area contributed by atoms with Crippen molar-refractivity contribution in [2.45, 2.75) is 33.2 Å².